The van der Waals surface area contributed by atoms with E-state index in [1.165, 1.54) is 11.1 Å². The quantitative estimate of drug-likeness (QED) is 0.825. The predicted octanol–water partition coefficient (Wildman–Crippen LogP) is 2.76. The molecule has 0 spiro atoms. The fraction of sp³-hybridized carbons (Fsp3) is 0.400. The van der Waals surface area contributed by atoms with Crippen LogP contribution >= 0.6 is 15.9 Å². The number of hydrogen-bond acceptors (Lipinski definition) is 3. The van der Waals surface area contributed by atoms with Crippen LogP contribution < -0.4 is 10.1 Å². The third-order valence-corrected chi connectivity index (χ3v) is 3.90. The number of aryl methyl sites for hydroxylation is 1. The molecule has 1 aromatic carbocycles. The molecule has 0 saturated heterocycles. The second-order valence-corrected chi connectivity index (χ2v) is 5.87. The predicted molar refractivity (Wildman–Crippen MR) is 81.9 cm³/mol. The smallest absolute Gasteiger partial charge is 0.127 e. The minimum Gasteiger partial charge on any atom is -0.493 e. The molecule has 0 aliphatic carbocycles. The fourth-order valence-corrected chi connectivity index (χ4v) is 3.05. The van der Waals surface area contributed by atoms with Gasteiger partial charge in [0, 0.05) is 41.9 Å². The van der Waals surface area contributed by atoms with Gasteiger partial charge in [0.1, 0.15) is 5.75 Å². The van der Waals surface area contributed by atoms with Crippen molar-refractivity contribution in [3.8, 4) is 5.75 Å². The summed E-state index contributed by atoms with van der Waals surface area (Å²) in [5.74, 6) is 1.08. The average Bonchev–Trinajstić information content (AvgIpc) is 3.08. The molecule has 0 amide bonds. The molecule has 5 heteroatoms. The first kappa shape index (κ1) is 13.6. The summed E-state index contributed by atoms with van der Waals surface area (Å²) in [4.78, 5) is 0. The van der Waals surface area contributed by atoms with Gasteiger partial charge in [-0.2, -0.15) is 5.10 Å². The van der Waals surface area contributed by atoms with Gasteiger partial charge in [-0.05, 0) is 36.7 Å². The molecule has 0 bridgehead atoms. The first-order chi connectivity index (χ1) is 9.83. The van der Waals surface area contributed by atoms with Crippen LogP contribution in [0.3, 0.4) is 0 Å². The van der Waals surface area contributed by atoms with Gasteiger partial charge in [-0.3, -0.25) is 4.68 Å². The Morgan fingerprint density at radius 3 is 3.20 bits per heavy atom. The van der Waals surface area contributed by atoms with Crippen LogP contribution in [0.5, 0.6) is 5.75 Å². The fourth-order valence-electron chi connectivity index (χ4n) is 2.50. The Hall–Kier alpha value is -1.33. The van der Waals surface area contributed by atoms with E-state index in [9.17, 15) is 0 Å². The van der Waals surface area contributed by atoms with E-state index in [4.69, 9.17) is 4.74 Å². The molecule has 106 valence electrons. The zero-order valence-electron chi connectivity index (χ0n) is 11.3. The van der Waals surface area contributed by atoms with Gasteiger partial charge in [0.2, 0.25) is 0 Å². The van der Waals surface area contributed by atoms with E-state index >= 15 is 0 Å². The summed E-state index contributed by atoms with van der Waals surface area (Å²) in [6.07, 6.45) is 5.89. The summed E-state index contributed by atoms with van der Waals surface area (Å²) < 4.78 is 8.82. The Bertz CT molecular complexity index is 569. The molecule has 0 fully saturated rings. The molecule has 4 nitrogen and oxygen atoms in total. The van der Waals surface area contributed by atoms with Gasteiger partial charge >= 0.3 is 0 Å². The summed E-state index contributed by atoms with van der Waals surface area (Å²) >= 11 is 3.57. The van der Waals surface area contributed by atoms with E-state index in [1.807, 2.05) is 23.1 Å². The van der Waals surface area contributed by atoms with Crippen molar-refractivity contribution in [2.24, 2.45) is 0 Å². The zero-order valence-corrected chi connectivity index (χ0v) is 12.9. The van der Waals surface area contributed by atoms with E-state index in [-0.39, 0.29) is 0 Å². The van der Waals surface area contributed by atoms with Crippen molar-refractivity contribution in [3.63, 3.8) is 0 Å². The lowest BCUT2D eigenvalue weighted by Crippen LogP contribution is -2.17. The highest BCUT2D eigenvalue weighted by Crippen LogP contribution is 2.32. The van der Waals surface area contributed by atoms with Gasteiger partial charge in [0.05, 0.1) is 6.61 Å². The Balaban J connectivity index is 1.49. The second kappa shape index (κ2) is 6.41. The minimum atomic E-state index is 0.804. The third kappa shape index (κ3) is 3.22. The highest BCUT2D eigenvalue weighted by molar-refractivity contribution is 9.10. The Morgan fingerprint density at radius 2 is 2.35 bits per heavy atom. The van der Waals surface area contributed by atoms with Crippen LogP contribution in [0.4, 0.5) is 0 Å². The number of fused-ring (bicyclic) bond motifs is 1. The van der Waals surface area contributed by atoms with Gasteiger partial charge in [-0.25, -0.2) is 0 Å². The zero-order chi connectivity index (χ0) is 13.8. The van der Waals surface area contributed by atoms with E-state index in [0.717, 1.165) is 49.3 Å². The monoisotopic (exact) mass is 335 g/mol. The second-order valence-electron chi connectivity index (χ2n) is 4.95. The van der Waals surface area contributed by atoms with Gasteiger partial charge in [0.15, 0.2) is 0 Å². The number of nitrogens with one attached hydrogen (secondary N) is 1. The van der Waals surface area contributed by atoms with Crippen molar-refractivity contribution in [2.45, 2.75) is 25.9 Å². The summed E-state index contributed by atoms with van der Waals surface area (Å²) in [7, 11) is 0. The number of aromatic nitrogens is 2. The number of ether oxygens (including phenoxy) is 1. The molecule has 0 saturated carbocycles. The molecular formula is C15H18BrN3O. The number of hydrogen-bond donors (Lipinski definition) is 1. The van der Waals surface area contributed by atoms with Crippen LogP contribution in [0.2, 0.25) is 0 Å². The molecule has 0 unspecified atom stereocenters. The van der Waals surface area contributed by atoms with Crippen molar-refractivity contribution in [3.05, 3.63) is 46.2 Å². The maximum Gasteiger partial charge on any atom is 0.127 e. The van der Waals surface area contributed by atoms with E-state index in [2.05, 4.69) is 38.5 Å². The van der Waals surface area contributed by atoms with Crippen molar-refractivity contribution < 1.29 is 4.74 Å². The molecule has 1 aliphatic rings. The third-order valence-electron chi connectivity index (χ3n) is 3.44. The lowest BCUT2D eigenvalue weighted by molar-refractivity contribution is 0.352. The van der Waals surface area contributed by atoms with E-state index < -0.39 is 0 Å². The van der Waals surface area contributed by atoms with Crippen molar-refractivity contribution in [1.82, 2.24) is 15.1 Å². The van der Waals surface area contributed by atoms with Gasteiger partial charge in [0.25, 0.3) is 0 Å². The van der Waals surface area contributed by atoms with Crippen molar-refractivity contribution in [1.29, 1.82) is 0 Å². The van der Waals surface area contributed by atoms with Crippen LogP contribution in [0.25, 0.3) is 0 Å². The lowest BCUT2D eigenvalue weighted by atomic mass is 10.1. The Kier molecular flexibility index (Phi) is 4.38. The molecule has 20 heavy (non-hydrogen) atoms. The summed E-state index contributed by atoms with van der Waals surface area (Å²) in [6, 6.07) is 6.25. The largest absolute Gasteiger partial charge is 0.493 e. The first-order valence-electron chi connectivity index (χ1n) is 6.95. The maximum atomic E-state index is 5.73. The molecule has 1 aromatic heterocycles. The lowest BCUT2D eigenvalue weighted by Gasteiger charge is -2.10. The Morgan fingerprint density at radius 1 is 1.40 bits per heavy atom. The van der Waals surface area contributed by atoms with Crippen molar-refractivity contribution >= 4 is 15.9 Å². The summed E-state index contributed by atoms with van der Waals surface area (Å²) in [6.45, 7) is 3.58. The Labute approximate surface area is 127 Å². The highest BCUT2D eigenvalue weighted by atomic mass is 79.9. The van der Waals surface area contributed by atoms with Crippen LogP contribution in [0.1, 0.15) is 17.5 Å². The standard InChI is InChI=1S/C15H18BrN3O/c16-14-9-12-3-8-20-15(12)13(10-14)11-17-4-1-6-19-7-2-5-18-19/h2,5,7,9-10,17H,1,3-4,6,8,11H2. The number of benzene rings is 1. The van der Waals surface area contributed by atoms with Gasteiger partial charge < -0.3 is 10.1 Å². The first-order valence-corrected chi connectivity index (χ1v) is 7.74. The van der Waals surface area contributed by atoms with E-state index in [1.54, 1.807) is 0 Å². The molecular weight excluding hydrogens is 318 g/mol. The number of halogens is 1. The number of rotatable bonds is 6. The molecule has 2 heterocycles. The molecule has 0 radical (unpaired) electrons. The van der Waals surface area contributed by atoms with Crippen LogP contribution in [-0.4, -0.2) is 22.9 Å². The summed E-state index contributed by atoms with van der Waals surface area (Å²) in [5, 5.41) is 7.67. The van der Waals surface area contributed by atoms with Crippen LogP contribution in [-0.2, 0) is 19.5 Å². The number of nitrogens with zero attached hydrogens (tertiary/aromatic N) is 2. The SMILES string of the molecule is Brc1cc2c(c(CNCCCn3cccn3)c1)OCC2. The molecule has 2 aromatic rings. The minimum absolute atomic E-state index is 0.804. The van der Waals surface area contributed by atoms with Crippen LogP contribution in [0, 0.1) is 0 Å². The topological polar surface area (TPSA) is 39.1 Å². The molecule has 3 rings (SSSR count). The van der Waals surface area contributed by atoms with E-state index in [0.29, 0.717) is 0 Å². The summed E-state index contributed by atoms with van der Waals surface area (Å²) in [5.41, 5.74) is 2.55. The average molecular weight is 336 g/mol. The molecule has 0 atom stereocenters. The normalized spacial score (nSPS) is 13.2. The van der Waals surface area contributed by atoms with Gasteiger partial charge in [-0.15, -0.1) is 0 Å². The highest BCUT2D eigenvalue weighted by Gasteiger charge is 2.16. The van der Waals surface area contributed by atoms with Crippen LogP contribution in [0.15, 0.2) is 35.1 Å². The molecule has 1 N–H and O–H groups in total. The van der Waals surface area contributed by atoms with Gasteiger partial charge in [-0.1, -0.05) is 15.9 Å². The molecule has 1 aliphatic heterocycles. The maximum absolute atomic E-state index is 5.73. The van der Waals surface area contributed by atoms with Crippen molar-refractivity contribution in [2.75, 3.05) is 13.2 Å².